The summed E-state index contributed by atoms with van der Waals surface area (Å²) in [6.07, 6.45) is 6.14. The van der Waals surface area contributed by atoms with Gasteiger partial charge in [-0.05, 0) is 74.4 Å². The van der Waals surface area contributed by atoms with Crippen molar-refractivity contribution in [2.45, 2.75) is 51.9 Å². The van der Waals surface area contributed by atoms with E-state index in [1.54, 1.807) is 6.92 Å². The molecule has 0 saturated carbocycles. The van der Waals surface area contributed by atoms with Crippen molar-refractivity contribution in [2.75, 3.05) is 25.7 Å². The van der Waals surface area contributed by atoms with E-state index in [0.717, 1.165) is 60.4 Å². The molecule has 2 rings (SSSR count). The van der Waals surface area contributed by atoms with E-state index in [1.807, 2.05) is 30.3 Å². The number of esters is 1. The van der Waals surface area contributed by atoms with Gasteiger partial charge in [0, 0.05) is 11.8 Å². The lowest BCUT2D eigenvalue weighted by molar-refractivity contribution is -0.140. The minimum absolute atomic E-state index is 0.0176. The van der Waals surface area contributed by atoms with Crippen molar-refractivity contribution in [1.82, 2.24) is 0 Å². The number of fused-ring (bicyclic) bond motifs is 1. The van der Waals surface area contributed by atoms with Gasteiger partial charge in [0.05, 0.1) is 25.9 Å². The Morgan fingerprint density at radius 1 is 0.900 bits per heavy atom. The lowest BCUT2D eigenvalue weighted by atomic mass is 10.0. The first kappa shape index (κ1) is 24.2. The molecular formula is C24H31BrO5. The van der Waals surface area contributed by atoms with Crippen LogP contribution in [0.1, 0.15) is 62.2 Å². The molecule has 0 atom stereocenters. The number of carbonyl (C=O) groups excluding carboxylic acids is 2. The molecule has 0 unspecified atom stereocenters. The Hall–Kier alpha value is -2.08. The van der Waals surface area contributed by atoms with Crippen molar-refractivity contribution in [1.29, 1.82) is 0 Å². The number of hydrogen-bond donors (Lipinski definition) is 0. The lowest BCUT2D eigenvalue weighted by Crippen LogP contribution is -2.04. The highest BCUT2D eigenvalue weighted by atomic mass is 79.9. The van der Waals surface area contributed by atoms with E-state index in [1.165, 1.54) is 7.11 Å². The first-order valence-electron chi connectivity index (χ1n) is 10.5. The average molecular weight is 479 g/mol. The summed E-state index contributed by atoms with van der Waals surface area (Å²) in [5.41, 5.74) is 0.608. The van der Waals surface area contributed by atoms with Crippen LogP contribution in [0.15, 0.2) is 30.3 Å². The number of unbranched alkanes of at least 4 members (excludes halogenated alkanes) is 4. The quantitative estimate of drug-likeness (QED) is 0.142. The number of rotatable bonds is 14. The molecule has 0 bridgehead atoms. The third-order valence-electron chi connectivity index (χ3n) is 4.86. The van der Waals surface area contributed by atoms with Crippen molar-refractivity contribution in [3.05, 3.63) is 35.9 Å². The van der Waals surface area contributed by atoms with E-state index in [-0.39, 0.29) is 11.8 Å². The Morgan fingerprint density at radius 2 is 1.60 bits per heavy atom. The molecule has 0 fully saturated rings. The summed E-state index contributed by atoms with van der Waals surface area (Å²) in [5, 5.41) is 2.83. The molecular weight excluding hydrogens is 448 g/mol. The number of halogens is 1. The van der Waals surface area contributed by atoms with Gasteiger partial charge in [0.15, 0.2) is 5.78 Å². The van der Waals surface area contributed by atoms with Gasteiger partial charge in [-0.25, -0.2) is 0 Å². The molecule has 30 heavy (non-hydrogen) atoms. The van der Waals surface area contributed by atoms with E-state index < -0.39 is 0 Å². The molecule has 0 spiro atoms. The fraction of sp³-hybridized carbons (Fsp3) is 0.500. The molecule has 0 saturated heterocycles. The number of hydrogen-bond acceptors (Lipinski definition) is 5. The van der Waals surface area contributed by atoms with Crippen LogP contribution in [0.25, 0.3) is 10.8 Å². The van der Waals surface area contributed by atoms with Gasteiger partial charge in [0.1, 0.15) is 11.5 Å². The van der Waals surface area contributed by atoms with E-state index in [9.17, 15) is 9.59 Å². The number of ketones is 1. The third-order valence-corrected chi connectivity index (χ3v) is 5.42. The summed E-state index contributed by atoms with van der Waals surface area (Å²) in [7, 11) is 1.40. The molecule has 0 aliphatic heterocycles. The number of methoxy groups -OCH3 is 1. The zero-order valence-electron chi connectivity index (χ0n) is 17.9. The van der Waals surface area contributed by atoms with Crippen molar-refractivity contribution < 1.29 is 23.8 Å². The average Bonchev–Trinajstić information content (AvgIpc) is 2.75. The Labute approximate surface area is 187 Å². The van der Waals surface area contributed by atoms with E-state index in [4.69, 9.17) is 9.47 Å². The molecule has 0 radical (unpaired) electrons. The number of Topliss-reactive ketones (excluding diaryl/α,β-unsaturated/α-hetero) is 1. The van der Waals surface area contributed by atoms with Gasteiger partial charge in [0.25, 0.3) is 0 Å². The van der Waals surface area contributed by atoms with Crippen LogP contribution in [-0.2, 0) is 9.53 Å². The predicted octanol–water partition coefficient (Wildman–Crippen LogP) is 6.10. The molecule has 6 heteroatoms. The maximum atomic E-state index is 12.4. The molecule has 0 aromatic heterocycles. The zero-order valence-corrected chi connectivity index (χ0v) is 19.5. The van der Waals surface area contributed by atoms with Gasteiger partial charge in [-0.2, -0.15) is 0 Å². The highest BCUT2D eigenvalue weighted by Gasteiger charge is 2.14. The lowest BCUT2D eigenvalue weighted by Gasteiger charge is -2.14. The minimum Gasteiger partial charge on any atom is -0.494 e. The van der Waals surface area contributed by atoms with Gasteiger partial charge in [-0.1, -0.05) is 28.1 Å². The molecule has 2 aromatic carbocycles. The van der Waals surface area contributed by atoms with Crippen LogP contribution in [0.4, 0.5) is 0 Å². The van der Waals surface area contributed by atoms with Crippen LogP contribution in [0.3, 0.4) is 0 Å². The molecule has 0 amide bonds. The van der Waals surface area contributed by atoms with Crippen LogP contribution in [-0.4, -0.2) is 37.4 Å². The van der Waals surface area contributed by atoms with Crippen LogP contribution < -0.4 is 9.47 Å². The van der Waals surface area contributed by atoms with Crippen molar-refractivity contribution >= 4 is 38.5 Å². The number of alkyl halides is 1. The van der Waals surface area contributed by atoms with Gasteiger partial charge < -0.3 is 14.2 Å². The van der Waals surface area contributed by atoms with Crippen LogP contribution >= 0.6 is 15.9 Å². The van der Waals surface area contributed by atoms with E-state index in [2.05, 4.69) is 20.7 Å². The Balaban J connectivity index is 2.01. The third kappa shape index (κ3) is 7.63. The van der Waals surface area contributed by atoms with Crippen molar-refractivity contribution in [3.8, 4) is 11.5 Å². The summed E-state index contributed by atoms with van der Waals surface area (Å²) in [5.74, 6) is 1.17. The topological polar surface area (TPSA) is 61.8 Å². The largest absolute Gasteiger partial charge is 0.494 e. The second-order valence-electron chi connectivity index (χ2n) is 7.21. The number of carbonyl (C=O) groups is 2. The highest BCUT2D eigenvalue weighted by Crippen LogP contribution is 2.31. The van der Waals surface area contributed by atoms with Gasteiger partial charge in [-0.3, -0.25) is 9.59 Å². The summed E-state index contributed by atoms with van der Waals surface area (Å²) in [6.45, 7) is 2.73. The van der Waals surface area contributed by atoms with Crippen molar-refractivity contribution in [2.24, 2.45) is 0 Å². The molecule has 2 aromatic rings. The van der Waals surface area contributed by atoms with E-state index in [0.29, 0.717) is 30.9 Å². The Morgan fingerprint density at radius 3 is 2.30 bits per heavy atom. The predicted molar refractivity (Wildman–Crippen MR) is 123 cm³/mol. The minimum atomic E-state index is -0.177. The molecule has 0 heterocycles. The first-order chi connectivity index (χ1) is 14.6. The summed E-state index contributed by atoms with van der Waals surface area (Å²) in [6, 6.07) is 9.66. The molecule has 0 aliphatic carbocycles. The highest BCUT2D eigenvalue weighted by molar-refractivity contribution is 9.09. The standard InChI is InChI=1S/C24H31BrO5/c1-18(26)24-21-17-20(29-15-7-3-5-9-23(27)28-2)12-10-19(21)11-13-22(24)30-16-8-4-6-14-25/h10-13,17H,3-9,14-16H2,1-2H3. The van der Waals surface area contributed by atoms with Gasteiger partial charge in [-0.15, -0.1) is 0 Å². The fourth-order valence-corrected chi connectivity index (χ4v) is 3.64. The van der Waals surface area contributed by atoms with Crippen LogP contribution in [0.2, 0.25) is 0 Å². The van der Waals surface area contributed by atoms with Gasteiger partial charge in [0.2, 0.25) is 0 Å². The fourth-order valence-electron chi connectivity index (χ4n) is 3.25. The second kappa shape index (κ2) is 13.3. The first-order valence-corrected chi connectivity index (χ1v) is 11.6. The molecule has 5 nitrogen and oxygen atoms in total. The summed E-state index contributed by atoms with van der Waals surface area (Å²) >= 11 is 3.43. The SMILES string of the molecule is COC(=O)CCCCCOc1ccc2ccc(OCCCCCBr)c(C(C)=O)c2c1. The summed E-state index contributed by atoms with van der Waals surface area (Å²) < 4.78 is 16.4. The van der Waals surface area contributed by atoms with Gasteiger partial charge >= 0.3 is 5.97 Å². The monoisotopic (exact) mass is 478 g/mol. The maximum absolute atomic E-state index is 12.4. The van der Waals surface area contributed by atoms with Crippen molar-refractivity contribution in [3.63, 3.8) is 0 Å². The van der Waals surface area contributed by atoms with Crippen LogP contribution in [0, 0.1) is 0 Å². The van der Waals surface area contributed by atoms with E-state index >= 15 is 0 Å². The number of ether oxygens (including phenoxy) is 3. The Kier molecular flexibility index (Phi) is 10.7. The second-order valence-corrected chi connectivity index (χ2v) is 8.00. The number of benzene rings is 2. The molecule has 164 valence electrons. The Bertz CT molecular complexity index is 834. The van der Waals surface area contributed by atoms with Crippen LogP contribution in [0.5, 0.6) is 11.5 Å². The normalized spacial score (nSPS) is 10.8. The smallest absolute Gasteiger partial charge is 0.305 e. The molecule has 0 aliphatic rings. The zero-order chi connectivity index (χ0) is 21.8. The maximum Gasteiger partial charge on any atom is 0.305 e. The summed E-state index contributed by atoms with van der Waals surface area (Å²) in [4.78, 5) is 23.5. The molecule has 0 N–H and O–H groups in total.